The van der Waals surface area contributed by atoms with Crippen LogP contribution in [0.15, 0.2) is 53.3 Å². The second-order valence-corrected chi connectivity index (χ2v) is 11.2. The third-order valence-electron chi connectivity index (χ3n) is 8.64. The molecular weight excluding hydrogens is 578 g/mol. The van der Waals surface area contributed by atoms with Crippen molar-refractivity contribution in [2.75, 3.05) is 26.5 Å². The van der Waals surface area contributed by atoms with Crippen LogP contribution >= 0.6 is 0 Å². The normalized spacial score (nSPS) is 27.8. The number of amides is 2. The van der Waals surface area contributed by atoms with Crippen LogP contribution in [0.1, 0.15) is 24.0 Å². The summed E-state index contributed by atoms with van der Waals surface area (Å²) in [6, 6.07) is 7.45. The van der Waals surface area contributed by atoms with Crippen LogP contribution in [0, 0.1) is 11.8 Å². The van der Waals surface area contributed by atoms with Gasteiger partial charge in [-0.3, -0.25) is 24.6 Å². The molecule has 2 amide bonds. The van der Waals surface area contributed by atoms with Gasteiger partial charge in [0.2, 0.25) is 5.78 Å². The number of likely N-dealkylation sites (N-methyl/N-ethyl adjacent to an activating group) is 1. The maximum atomic E-state index is 14.1. The summed E-state index contributed by atoms with van der Waals surface area (Å²) in [5.74, 6) is -9.47. The van der Waals surface area contributed by atoms with Gasteiger partial charge in [-0.25, -0.2) is 4.79 Å². The zero-order chi connectivity index (χ0) is 32.4. The molecule has 0 saturated heterocycles. The highest BCUT2D eigenvalue weighted by Crippen LogP contribution is 2.56. The summed E-state index contributed by atoms with van der Waals surface area (Å²) < 4.78 is 10.3. The number of anilines is 1. The first-order chi connectivity index (χ1) is 20.7. The summed E-state index contributed by atoms with van der Waals surface area (Å²) in [5, 5.41) is 59.4. The number of phenolic OH excluding ortho intramolecular Hbond substituents is 1. The van der Waals surface area contributed by atoms with Crippen molar-refractivity contribution in [2.24, 2.45) is 17.6 Å². The number of hydrogen-bond acceptors (Lipinski definition) is 12. The van der Waals surface area contributed by atoms with Gasteiger partial charge in [-0.05, 0) is 55.9 Å². The highest BCUT2D eigenvalue weighted by atomic mass is 16.6. The van der Waals surface area contributed by atoms with Crippen molar-refractivity contribution in [2.45, 2.75) is 30.6 Å². The molecule has 8 N–H and O–H groups in total. The molecule has 44 heavy (non-hydrogen) atoms. The quantitative estimate of drug-likeness (QED) is 0.187. The zero-order valence-corrected chi connectivity index (χ0v) is 24.1. The molecule has 0 unspecified atom stereocenters. The number of carbonyl (C=O) groups excluding carboxylic acids is 4. The van der Waals surface area contributed by atoms with Gasteiger partial charge in [0.15, 0.2) is 11.4 Å². The second-order valence-electron chi connectivity index (χ2n) is 11.2. The van der Waals surface area contributed by atoms with Crippen molar-refractivity contribution < 1.29 is 54.2 Å². The maximum Gasteiger partial charge on any atom is 0.417 e. The number of rotatable bonds is 5. The van der Waals surface area contributed by atoms with E-state index < -0.39 is 87.5 Å². The first kappa shape index (κ1) is 30.5. The number of nitrogens with one attached hydrogen (secondary N) is 1. The number of aliphatic hydroxyl groups excluding tert-OH is 3. The number of ketones is 2. The average molecular weight is 610 g/mol. The van der Waals surface area contributed by atoms with Crippen LogP contribution in [0.4, 0.5) is 10.5 Å². The lowest BCUT2D eigenvalue weighted by Crippen LogP contribution is -2.70. The van der Waals surface area contributed by atoms with E-state index in [1.54, 1.807) is 19.1 Å². The van der Waals surface area contributed by atoms with Crippen molar-refractivity contribution >= 4 is 35.0 Å². The highest BCUT2D eigenvalue weighted by molar-refractivity contribution is 6.24. The summed E-state index contributed by atoms with van der Waals surface area (Å²) >= 11 is 0. The SMILES string of the molecule is COc1ccc(OC(=O)Nc2ccc3c(c2O)C(O)=C2C(=O)[C@]4(O)C(O)=C(C(N)=O)C(=O)[C@@H](N(C)C)[C@@H]4[C@@H](O)[C@@H]2[C@H]3C)cc1. The number of ether oxygens (including phenoxy) is 2. The minimum absolute atomic E-state index is 0.164. The van der Waals surface area contributed by atoms with E-state index in [1.165, 1.54) is 50.4 Å². The topological polar surface area (TPSA) is 229 Å². The molecule has 1 saturated carbocycles. The lowest BCUT2D eigenvalue weighted by Gasteiger charge is -2.53. The van der Waals surface area contributed by atoms with Crippen LogP contribution in [-0.2, 0) is 14.4 Å². The van der Waals surface area contributed by atoms with Crippen molar-refractivity contribution in [3.8, 4) is 17.2 Å². The molecule has 0 aromatic heterocycles. The fraction of sp³-hybridized carbons (Fsp3) is 0.333. The van der Waals surface area contributed by atoms with E-state index in [2.05, 4.69) is 5.32 Å². The van der Waals surface area contributed by atoms with Crippen LogP contribution in [0.2, 0.25) is 0 Å². The zero-order valence-electron chi connectivity index (χ0n) is 24.1. The average Bonchev–Trinajstić information content (AvgIpc) is 2.96. The number of methoxy groups -OCH3 is 1. The number of Topliss-reactive ketones (excluding diaryl/α,β-unsaturated/α-hetero) is 2. The van der Waals surface area contributed by atoms with Crippen LogP contribution in [0.5, 0.6) is 17.2 Å². The number of fused-ring (bicyclic) bond motifs is 3. The van der Waals surface area contributed by atoms with Gasteiger partial charge in [0.05, 0.1) is 36.4 Å². The number of nitrogens with two attached hydrogens (primary N) is 1. The van der Waals surface area contributed by atoms with Gasteiger partial charge in [-0.1, -0.05) is 13.0 Å². The molecule has 1 fully saturated rings. The molecule has 232 valence electrons. The Morgan fingerprint density at radius 3 is 2.20 bits per heavy atom. The lowest BCUT2D eigenvalue weighted by molar-refractivity contribution is -0.169. The number of benzene rings is 2. The van der Waals surface area contributed by atoms with Crippen LogP contribution in [0.3, 0.4) is 0 Å². The predicted octanol–water partition coefficient (Wildman–Crippen LogP) is 1.12. The van der Waals surface area contributed by atoms with E-state index >= 15 is 0 Å². The standard InChI is InChI=1S/C30H31N3O11/c1-11-14-9-10-15(32-29(41)44-13-7-5-12(43-4)6-8-13)22(34)17(14)23(35)18-16(11)24(36)20-21(33(2)3)25(37)19(28(31)40)27(39)30(20,42)26(18)38/h5-11,16,20-21,24,34-36,39,42H,1-4H3,(H2,31,40)(H,32,41)/t11-,16+,20+,21-,24-,30-/m0/s1. The molecular formula is C30H31N3O11. The van der Waals surface area contributed by atoms with Gasteiger partial charge in [0.1, 0.15) is 34.3 Å². The van der Waals surface area contributed by atoms with Gasteiger partial charge in [-0.2, -0.15) is 0 Å². The second kappa shape index (κ2) is 10.7. The fourth-order valence-corrected chi connectivity index (χ4v) is 6.60. The van der Waals surface area contributed by atoms with Crippen molar-refractivity contribution in [1.29, 1.82) is 0 Å². The molecule has 5 rings (SSSR count). The third kappa shape index (κ3) is 4.29. The third-order valence-corrected chi connectivity index (χ3v) is 8.64. The Bertz CT molecular complexity index is 1660. The molecule has 0 radical (unpaired) electrons. The number of carbonyl (C=O) groups is 4. The number of hydrogen-bond donors (Lipinski definition) is 7. The van der Waals surface area contributed by atoms with Crippen LogP contribution in [0.25, 0.3) is 5.76 Å². The number of primary amides is 1. The van der Waals surface area contributed by atoms with E-state index in [0.29, 0.717) is 5.75 Å². The summed E-state index contributed by atoms with van der Waals surface area (Å²) in [5.41, 5.74) is 0.549. The fourth-order valence-electron chi connectivity index (χ4n) is 6.60. The van der Waals surface area contributed by atoms with Crippen molar-refractivity contribution in [1.82, 2.24) is 4.90 Å². The Balaban J connectivity index is 1.60. The van der Waals surface area contributed by atoms with Gasteiger partial charge in [-0.15, -0.1) is 0 Å². The number of nitrogens with zero attached hydrogens (tertiary/aromatic N) is 1. The number of aliphatic hydroxyl groups is 4. The molecule has 0 spiro atoms. The Morgan fingerprint density at radius 1 is 1.02 bits per heavy atom. The van der Waals surface area contributed by atoms with Crippen molar-refractivity contribution in [3.63, 3.8) is 0 Å². The molecule has 2 aromatic carbocycles. The first-order valence-corrected chi connectivity index (χ1v) is 13.5. The lowest BCUT2D eigenvalue weighted by atomic mass is 9.54. The highest BCUT2D eigenvalue weighted by Gasteiger charge is 2.68. The molecule has 0 heterocycles. The molecule has 3 aliphatic carbocycles. The smallest absolute Gasteiger partial charge is 0.417 e. The number of aromatic hydroxyl groups is 1. The molecule has 0 bridgehead atoms. The maximum absolute atomic E-state index is 14.1. The Morgan fingerprint density at radius 2 is 1.64 bits per heavy atom. The van der Waals surface area contributed by atoms with Crippen LogP contribution < -0.4 is 20.5 Å². The molecule has 6 atom stereocenters. The van der Waals surface area contributed by atoms with E-state index in [4.69, 9.17) is 15.2 Å². The predicted molar refractivity (Wildman–Crippen MR) is 153 cm³/mol. The molecule has 3 aliphatic rings. The van der Waals surface area contributed by atoms with E-state index in [1.807, 2.05) is 0 Å². The molecule has 14 nitrogen and oxygen atoms in total. The van der Waals surface area contributed by atoms with E-state index in [9.17, 15) is 44.7 Å². The first-order valence-electron chi connectivity index (χ1n) is 13.5. The minimum Gasteiger partial charge on any atom is -0.508 e. The summed E-state index contributed by atoms with van der Waals surface area (Å²) in [6.45, 7) is 1.60. The largest absolute Gasteiger partial charge is 0.508 e. The van der Waals surface area contributed by atoms with E-state index in [0.717, 1.165) is 0 Å². The summed E-state index contributed by atoms with van der Waals surface area (Å²) in [7, 11) is 4.33. The number of phenols is 1. The summed E-state index contributed by atoms with van der Waals surface area (Å²) in [6.07, 6.45) is -2.71. The minimum atomic E-state index is -3.03. The Kier molecular flexibility index (Phi) is 7.40. The Labute approximate surface area is 250 Å². The van der Waals surface area contributed by atoms with Gasteiger partial charge >= 0.3 is 6.09 Å². The van der Waals surface area contributed by atoms with Crippen molar-refractivity contribution in [3.05, 3.63) is 64.4 Å². The van der Waals surface area contributed by atoms with Crippen LogP contribution in [-0.4, -0.2) is 93.0 Å². The molecule has 14 heteroatoms. The van der Waals surface area contributed by atoms with Gasteiger partial charge in [0, 0.05) is 11.5 Å². The Hall–Kier alpha value is -4.92. The van der Waals surface area contributed by atoms with Gasteiger partial charge < -0.3 is 40.7 Å². The molecule has 2 aromatic rings. The van der Waals surface area contributed by atoms with E-state index in [-0.39, 0.29) is 22.6 Å². The van der Waals surface area contributed by atoms with Gasteiger partial charge in [0.25, 0.3) is 5.91 Å². The molecule has 0 aliphatic heterocycles. The monoisotopic (exact) mass is 609 g/mol. The summed E-state index contributed by atoms with van der Waals surface area (Å²) in [4.78, 5) is 53.4.